The molecule has 0 aromatic heterocycles. The van der Waals surface area contributed by atoms with Crippen molar-refractivity contribution in [3.8, 4) is 5.75 Å². The molecule has 17 heavy (non-hydrogen) atoms. The molecule has 1 aromatic carbocycles. The van der Waals surface area contributed by atoms with E-state index in [0.717, 1.165) is 38.2 Å². The fraction of sp³-hybridized carbons (Fsp3) is 0.571. The van der Waals surface area contributed by atoms with Crippen molar-refractivity contribution in [3.63, 3.8) is 0 Å². The van der Waals surface area contributed by atoms with Gasteiger partial charge in [0.25, 0.3) is 0 Å². The van der Waals surface area contributed by atoms with Crippen LogP contribution in [0.5, 0.6) is 5.75 Å². The van der Waals surface area contributed by atoms with Gasteiger partial charge in [-0.25, -0.2) is 0 Å². The van der Waals surface area contributed by atoms with E-state index >= 15 is 0 Å². The third-order valence-electron chi connectivity index (χ3n) is 3.11. The molecule has 0 bridgehead atoms. The number of rotatable bonds is 8. The van der Waals surface area contributed by atoms with E-state index in [0.29, 0.717) is 5.92 Å². The summed E-state index contributed by atoms with van der Waals surface area (Å²) in [7, 11) is 1.72. The summed E-state index contributed by atoms with van der Waals surface area (Å²) in [4.78, 5) is 0. The predicted molar refractivity (Wildman–Crippen MR) is 72.4 cm³/mol. The third kappa shape index (κ3) is 4.75. The van der Waals surface area contributed by atoms with Crippen molar-refractivity contribution in [3.05, 3.63) is 29.8 Å². The van der Waals surface area contributed by atoms with Crippen LogP contribution in [0.25, 0.3) is 0 Å². The lowest BCUT2D eigenvalue weighted by atomic mass is 10.1. The maximum absolute atomic E-state index is 5.66. The number of methoxy groups -OCH3 is 1. The van der Waals surface area contributed by atoms with Crippen molar-refractivity contribution in [2.75, 3.05) is 26.7 Å². The van der Waals surface area contributed by atoms with Gasteiger partial charge in [0.1, 0.15) is 5.75 Å². The highest BCUT2D eigenvalue weighted by Gasteiger charge is 2.04. The summed E-state index contributed by atoms with van der Waals surface area (Å²) < 4.78 is 5.32. The maximum atomic E-state index is 5.66. The summed E-state index contributed by atoms with van der Waals surface area (Å²) in [5.74, 6) is 1.56. The van der Waals surface area contributed by atoms with Crippen molar-refractivity contribution in [2.45, 2.75) is 19.8 Å². The Hall–Kier alpha value is -1.06. The number of hydrogen-bond donors (Lipinski definition) is 2. The van der Waals surface area contributed by atoms with E-state index in [9.17, 15) is 0 Å². The van der Waals surface area contributed by atoms with E-state index in [1.807, 2.05) is 18.2 Å². The first-order chi connectivity index (χ1) is 8.31. The number of benzene rings is 1. The molecule has 1 atom stereocenters. The summed E-state index contributed by atoms with van der Waals surface area (Å²) in [5, 5.41) is 3.45. The molecule has 0 aliphatic rings. The van der Waals surface area contributed by atoms with Gasteiger partial charge in [-0.05, 0) is 43.6 Å². The lowest BCUT2D eigenvalue weighted by Gasteiger charge is -2.13. The van der Waals surface area contributed by atoms with Gasteiger partial charge in [0.05, 0.1) is 7.11 Å². The van der Waals surface area contributed by atoms with Crippen LogP contribution in [0.15, 0.2) is 24.3 Å². The van der Waals surface area contributed by atoms with Crippen LogP contribution in [0.1, 0.15) is 18.9 Å². The first-order valence-electron chi connectivity index (χ1n) is 6.34. The lowest BCUT2D eigenvalue weighted by Crippen LogP contribution is -2.29. The van der Waals surface area contributed by atoms with E-state index in [2.05, 4.69) is 18.3 Å². The summed E-state index contributed by atoms with van der Waals surface area (Å²) >= 11 is 0. The highest BCUT2D eigenvalue weighted by molar-refractivity contribution is 5.33. The van der Waals surface area contributed by atoms with Crippen molar-refractivity contribution < 1.29 is 4.74 Å². The molecule has 3 nitrogen and oxygen atoms in total. The molecule has 1 aromatic rings. The van der Waals surface area contributed by atoms with Crippen molar-refractivity contribution >= 4 is 0 Å². The first kappa shape index (κ1) is 14.0. The van der Waals surface area contributed by atoms with Crippen molar-refractivity contribution in [1.29, 1.82) is 0 Å². The Balaban J connectivity index is 2.30. The Labute approximate surface area is 104 Å². The summed E-state index contributed by atoms with van der Waals surface area (Å²) in [5.41, 5.74) is 6.92. The van der Waals surface area contributed by atoms with Gasteiger partial charge < -0.3 is 15.8 Å². The molecule has 1 rings (SSSR count). The highest BCUT2D eigenvalue weighted by atomic mass is 16.5. The number of ether oxygens (including phenoxy) is 1. The maximum Gasteiger partial charge on any atom is 0.122 e. The average Bonchev–Trinajstić information content (AvgIpc) is 2.39. The fourth-order valence-electron chi connectivity index (χ4n) is 1.83. The molecule has 3 heteroatoms. The van der Waals surface area contributed by atoms with Crippen LogP contribution in [0.4, 0.5) is 0 Å². The molecule has 96 valence electrons. The summed E-state index contributed by atoms with van der Waals surface area (Å²) in [6, 6.07) is 8.16. The Kier molecular flexibility index (Phi) is 6.67. The minimum absolute atomic E-state index is 0.590. The average molecular weight is 236 g/mol. The Morgan fingerprint density at radius 1 is 1.35 bits per heavy atom. The molecule has 0 fully saturated rings. The zero-order valence-electron chi connectivity index (χ0n) is 10.9. The van der Waals surface area contributed by atoms with Gasteiger partial charge in [-0.3, -0.25) is 0 Å². The molecule has 3 N–H and O–H groups in total. The van der Waals surface area contributed by atoms with Crippen LogP contribution in [0.2, 0.25) is 0 Å². The Bertz CT molecular complexity index is 311. The smallest absolute Gasteiger partial charge is 0.122 e. The molecular weight excluding hydrogens is 212 g/mol. The molecule has 0 radical (unpaired) electrons. The Morgan fingerprint density at radius 3 is 2.76 bits per heavy atom. The standard InChI is InChI=1S/C14H24N2O/c1-3-12(10-15)11-16-9-8-13-6-4-5-7-14(13)17-2/h4-7,12,16H,3,8-11,15H2,1-2H3. The molecule has 0 aliphatic heterocycles. The molecule has 1 unspecified atom stereocenters. The minimum Gasteiger partial charge on any atom is -0.496 e. The Morgan fingerprint density at radius 2 is 2.12 bits per heavy atom. The molecule has 0 saturated heterocycles. The molecule has 0 spiro atoms. The van der Waals surface area contributed by atoms with E-state index in [1.165, 1.54) is 5.56 Å². The van der Waals surface area contributed by atoms with Gasteiger partial charge >= 0.3 is 0 Å². The van der Waals surface area contributed by atoms with E-state index in [-0.39, 0.29) is 0 Å². The predicted octanol–water partition coefficient (Wildman–Crippen LogP) is 1.81. The van der Waals surface area contributed by atoms with E-state index in [1.54, 1.807) is 7.11 Å². The normalized spacial score (nSPS) is 12.4. The quantitative estimate of drug-likeness (QED) is 0.677. The van der Waals surface area contributed by atoms with Crippen LogP contribution in [-0.2, 0) is 6.42 Å². The van der Waals surface area contributed by atoms with E-state index < -0.39 is 0 Å². The monoisotopic (exact) mass is 236 g/mol. The summed E-state index contributed by atoms with van der Waals surface area (Å²) in [6.07, 6.45) is 2.13. The number of nitrogens with two attached hydrogens (primary N) is 1. The molecular formula is C14H24N2O. The largest absolute Gasteiger partial charge is 0.496 e. The SMILES string of the molecule is CCC(CN)CNCCc1ccccc1OC. The fourth-order valence-corrected chi connectivity index (χ4v) is 1.83. The van der Waals surface area contributed by atoms with Gasteiger partial charge in [-0.1, -0.05) is 31.5 Å². The zero-order valence-corrected chi connectivity index (χ0v) is 10.9. The topological polar surface area (TPSA) is 47.3 Å². The van der Waals surface area contributed by atoms with Crippen LogP contribution in [0, 0.1) is 5.92 Å². The number of para-hydroxylation sites is 1. The molecule has 0 amide bonds. The first-order valence-corrected chi connectivity index (χ1v) is 6.34. The second-order valence-corrected chi connectivity index (χ2v) is 4.28. The van der Waals surface area contributed by atoms with Crippen LogP contribution < -0.4 is 15.8 Å². The van der Waals surface area contributed by atoms with Crippen LogP contribution in [-0.4, -0.2) is 26.7 Å². The lowest BCUT2D eigenvalue weighted by molar-refractivity contribution is 0.408. The number of nitrogens with one attached hydrogen (secondary N) is 1. The van der Waals surface area contributed by atoms with Crippen LogP contribution in [0.3, 0.4) is 0 Å². The molecule has 0 saturated carbocycles. The second-order valence-electron chi connectivity index (χ2n) is 4.28. The molecule has 0 aliphatic carbocycles. The highest BCUT2D eigenvalue weighted by Crippen LogP contribution is 2.17. The van der Waals surface area contributed by atoms with Gasteiger partial charge in [0.15, 0.2) is 0 Å². The third-order valence-corrected chi connectivity index (χ3v) is 3.11. The van der Waals surface area contributed by atoms with Gasteiger partial charge in [-0.2, -0.15) is 0 Å². The summed E-state index contributed by atoms with van der Waals surface area (Å²) in [6.45, 7) is 4.91. The molecule has 0 heterocycles. The van der Waals surface area contributed by atoms with E-state index in [4.69, 9.17) is 10.5 Å². The van der Waals surface area contributed by atoms with Crippen molar-refractivity contribution in [2.24, 2.45) is 11.7 Å². The van der Waals surface area contributed by atoms with Gasteiger partial charge in [-0.15, -0.1) is 0 Å². The zero-order chi connectivity index (χ0) is 12.5. The minimum atomic E-state index is 0.590. The second kappa shape index (κ2) is 8.09. The van der Waals surface area contributed by atoms with Gasteiger partial charge in [0, 0.05) is 0 Å². The van der Waals surface area contributed by atoms with Gasteiger partial charge in [0.2, 0.25) is 0 Å². The van der Waals surface area contributed by atoms with Crippen LogP contribution >= 0.6 is 0 Å². The van der Waals surface area contributed by atoms with Crippen molar-refractivity contribution in [1.82, 2.24) is 5.32 Å². The number of hydrogen-bond acceptors (Lipinski definition) is 3.